The van der Waals surface area contributed by atoms with Gasteiger partial charge in [-0.25, -0.2) is 4.98 Å². The first-order chi connectivity index (χ1) is 11.7. The van der Waals surface area contributed by atoms with E-state index in [1.54, 1.807) is 18.3 Å². The van der Waals surface area contributed by atoms with Crippen molar-refractivity contribution in [3.05, 3.63) is 59.8 Å². The monoisotopic (exact) mass is 323 g/mol. The van der Waals surface area contributed by atoms with Gasteiger partial charge < -0.3 is 10.6 Å². The molecule has 1 saturated carbocycles. The summed E-state index contributed by atoms with van der Waals surface area (Å²) in [5.74, 6) is 0.320. The second-order valence-corrected chi connectivity index (χ2v) is 6.07. The summed E-state index contributed by atoms with van der Waals surface area (Å²) in [5.41, 5.74) is 1.53. The number of carbonyl (C=O) groups is 2. The summed E-state index contributed by atoms with van der Waals surface area (Å²) in [6.07, 6.45) is 5.62. The maximum atomic E-state index is 12.3. The molecular weight excluding hydrogens is 302 g/mol. The third-order valence-electron chi connectivity index (χ3n) is 4.30. The average Bonchev–Trinajstić information content (AvgIpc) is 3.15. The van der Waals surface area contributed by atoms with E-state index in [1.807, 2.05) is 30.3 Å². The number of hydrogen-bond acceptors (Lipinski definition) is 3. The number of anilines is 1. The maximum Gasteiger partial charge on any atom is 0.251 e. The predicted octanol–water partition coefficient (Wildman–Crippen LogP) is 3.14. The number of carbonyl (C=O) groups excluding carboxylic acids is 2. The highest BCUT2D eigenvalue weighted by atomic mass is 16.2. The number of rotatable bonds is 5. The van der Waals surface area contributed by atoms with Gasteiger partial charge in [-0.1, -0.05) is 43.2 Å². The summed E-state index contributed by atoms with van der Waals surface area (Å²) in [6, 6.07) is 13.0. The number of nitrogens with one attached hydrogen (secondary N) is 2. The fraction of sp³-hybridized carbons (Fsp3) is 0.316. The molecule has 1 aliphatic carbocycles. The molecule has 5 heteroatoms. The van der Waals surface area contributed by atoms with Gasteiger partial charge in [0.2, 0.25) is 5.91 Å². The fourth-order valence-electron chi connectivity index (χ4n) is 2.94. The lowest BCUT2D eigenvalue weighted by Crippen LogP contribution is -2.24. The van der Waals surface area contributed by atoms with Crippen LogP contribution in [0.1, 0.15) is 41.6 Å². The standard InChI is InChI=1S/C19H21N3O2/c23-18(21-13-14-6-2-1-3-7-14)16-10-11-20-17(12-16)22-19(24)15-8-4-5-9-15/h1-3,6-7,10-12,15H,4-5,8-9,13H2,(H,21,23)(H,20,22,24). The summed E-state index contributed by atoms with van der Waals surface area (Å²) < 4.78 is 0. The van der Waals surface area contributed by atoms with Crippen molar-refractivity contribution in [3.63, 3.8) is 0 Å². The van der Waals surface area contributed by atoms with E-state index < -0.39 is 0 Å². The fourth-order valence-corrected chi connectivity index (χ4v) is 2.94. The van der Waals surface area contributed by atoms with E-state index in [0.29, 0.717) is 17.9 Å². The van der Waals surface area contributed by atoms with Gasteiger partial charge in [0, 0.05) is 24.2 Å². The normalized spacial score (nSPS) is 14.3. The van der Waals surface area contributed by atoms with Crippen LogP contribution in [-0.2, 0) is 11.3 Å². The van der Waals surface area contributed by atoms with Crippen molar-refractivity contribution in [2.75, 3.05) is 5.32 Å². The first-order valence-electron chi connectivity index (χ1n) is 8.31. The van der Waals surface area contributed by atoms with Crippen molar-refractivity contribution in [2.24, 2.45) is 5.92 Å². The molecular formula is C19H21N3O2. The van der Waals surface area contributed by atoms with Gasteiger partial charge in [-0.05, 0) is 30.5 Å². The van der Waals surface area contributed by atoms with E-state index >= 15 is 0 Å². The second-order valence-electron chi connectivity index (χ2n) is 6.07. The highest BCUT2D eigenvalue weighted by Gasteiger charge is 2.23. The van der Waals surface area contributed by atoms with Gasteiger partial charge in [-0.2, -0.15) is 0 Å². The first kappa shape index (κ1) is 16.2. The molecule has 0 saturated heterocycles. The molecule has 3 rings (SSSR count). The summed E-state index contributed by atoms with van der Waals surface area (Å²) in [5, 5.41) is 5.69. The van der Waals surface area contributed by atoms with E-state index in [-0.39, 0.29) is 17.7 Å². The summed E-state index contributed by atoms with van der Waals surface area (Å²) >= 11 is 0. The third-order valence-corrected chi connectivity index (χ3v) is 4.30. The minimum Gasteiger partial charge on any atom is -0.348 e. The lowest BCUT2D eigenvalue weighted by molar-refractivity contribution is -0.119. The molecule has 0 unspecified atom stereocenters. The Morgan fingerprint density at radius 2 is 1.83 bits per heavy atom. The second kappa shape index (κ2) is 7.73. The van der Waals surface area contributed by atoms with Crippen molar-refractivity contribution >= 4 is 17.6 Å². The number of nitrogens with zero attached hydrogens (tertiary/aromatic N) is 1. The number of benzene rings is 1. The average molecular weight is 323 g/mol. The molecule has 0 radical (unpaired) electrons. The molecule has 2 amide bonds. The molecule has 0 atom stereocenters. The molecule has 0 bridgehead atoms. The SMILES string of the molecule is O=C(NCc1ccccc1)c1ccnc(NC(=O)C2CCCC2)c1. The number of aromatic nitrogens is 1. The highest BCUT2D eigenvalue weighted by molar-refractivity contribution is 5.96. The van der Waals surface area contributed by atoms with Crippen LogP contribution in [0.2, 0.25) is 0 Å². The maximum absolute atomic E-state index is 12.3. The summed E-state index contributed by atoms with van der Waals surface area (Å²) in [7, 11) is 0. The molecule has 1 heterocycles. The molecule has 1 aromatic heterocycles. The van der Waals surface area contributed by atoms with Crippen LogP contribution >= 0.6 is 0 Å². The van der Waals surface area contributed by atoms with E-state index in [9.17, 15) is 9.59 Å². The van der Waals surface area contributed by atoms with Crippen molar-refractivity contribution in [3.8, 4) is 0 Å². The molecule has 1 aliphatic rings. The Labute approximate surface area is 141 Å². The van der Waals surface area contributed by atoms with E-state index in [2.05, 4.69) is 15.6 Å². The minimum atomic E-state index is -0.183. The van der Waals surface area contributed by atoms with Crippen LogP contribution in [0.5, 0.6) is 0 Å². The molecule has 1 aromatic carbocycles. The molecule has 124 valence electrons. The summed E-state index contributed by atoms with van der Waals surface area (Å²) in [6.45, 7) is 0.464. The van der Waals surface area contributed by atoms with E-state index in [0.717, 1.165) is 31.2 Å². The third kappa shape index (κ3) is 4.19. The van der Waals surface area contributed by atoms with Gasteiger partial charge in [-0.3, -0.25) is 9.59 Å². The molecule has 0 spiro atoms. The Morgan fingerprint density at radius 3 is 2.58 bits per heavy atom. The molecule has 24 heavy (non-hydrogen) atoms. The molecule has 2 N–H and O–H groups in total. The van der Waals surface area contributed by atoms with Gasteiger partial charge >= 0.3 is 0 Å². The van der Waals surface area contributed by atoms with Gasteiger partial charge in [0.05, 0.1) is 0 Å². The zero-order valence-corrected chi connectivity index (χ0v) is 13.5. The molecule has 0 aliphatic heterocycles. The van der Waals surface area contributed by atoms with Gasteiger partial charge in [0.1, 0.15) is 5.82 Å². The van der Waals surface area contributed by atoms with Crippen LogP contribution in [-0.4, -0.2) is 16.8 Å². The Bertz CT molecular complexity index is 710. The number of pyridine rings is 1. The Balaban J connectivity index is 1.59. The quantitative estimate of drug-likeness (QED) is 0.888. The number of amides is 2. The molecule has 5 nitrogen and oxygen atoms in total. The smallest absolute Gasteiger partial charge is 0.251 e. The van der Waals surface area contributed by atoms with Crippen molar-refractivity contribution in [1.29, 1.82) is 0 Å². The van der Waals surface area contributed by atoms with Gasteiger partial charge in [0.25, 0.3) is 5.91 Å². The van der Waals surface area contributed by atoms with E-state index in [1.165, 1.54) is 0 Å². The van der Waals surface area contributed by atoms with Gasteiger partial charge in [0.15, 0.2) is 0 Å². The lowest BCUT2D eigenvalue weighted by atomic mass is 10.1. The Morgan fingerprint density at radius 1 is 1.08 bits per heavy atom. The first-order valence-corrected chi connectivity index (χ1v) is 8.31. The van der Waals surface area contributed by atoms with Crippen molar-refractivity contribution in [1.82, 2.24) is 10.3 Å². The van der Waals surface area contributed by atoms with Crippen molar-refractivity contribution < 1.29 is 9.59 Å². The highest BCUT2D eigenvalue weighted by Crippen LogP contribution is 2.25. The molecule has 1 fully saturated rings. The van der Waals surface area contributed by atoms with Crippen LogP contribution in [0.25, 0.3) is 0 Å². The topological polar surface area (TPSA) is 71.1 Å². The van der Waals surface area contributed by atoms with Crippen LogP contribution in [0.4, 0.5) is 5.82 Å². The zero-order valence-electron chi connectivity index (χ0n) is 13.5. The lowest BCUT2D eigenvalue weighted by Gasteiger charge is -2.11. The summed E-state index contributed by atoms with van der Waals surface area (Å²) in [4.78, 5) is 28.6. The van der Waals surface area contributed by atoms with Crippen LogP contribution < -0.4 is 10.6 Å². The largest absolute Gasteiger partial charge is 0.348 e. The Kier molecular flexibility index (Phi) is 5.21. The van der Waals surface area contributed by atoms with Gasteiger partial charge in [-0.15, -0.1) is 0 Å². The van der Waals surface area contributed by atoms with Crippen LogP contribution in [0, 0.1) is 5.92 Å². The van der Waals surface area contributed by atoms with Crippen LogP contribution in [0.3, 0.4) is 0 Å². The van der Waals surface area contributed by atoms with E-state index in [4.69, 9.17) is 0 Å². The zero-order chi connectivity index (χ0) is 16.8. The van der Waals surface area contributed by atoms with Crippen LogP contribution in [0.15, 0.2) is 48.7 Å². The van der Waals surface area contributed by atoms with Crippen molar-refractivity contribution in [2.45, 2.75) is 32.2 Å². The number of hydrogen-bond donors (Lipinski definition) is 2. The Hall–Kier alpha value is -2.69. The minimum absolute atomic E-state index is 0.00171. The predicted molar refractivity (Wildman–Crippen MR) is 92.4 cm³/mol. The molecule has 2 aromatic rings.